The van der Waals surface area contributed by atoms with Gasteiger partial charge in [-0.25, -0.2) is 0 Å². The predicted octanol–water partition coefficient (Wildman–Crippen LogP) is 1.29. The van der Waals surface area contributed by atoms with Crippen LogP contribution in [-0.2, 0) is 4.74 Å². The fraction of sp³-hybridized carbons (Fsp3) is 1.00. The lowest BCUT2D eigenvalue weighted by Gasteiger charge is -2.21. The summed E-state index contributed by atoms with van der Waals surface area (Å²) in [5.74, 6) is 0.755. The Kier molecular flexibility index (Phi) is 4.65. The third kappa shape index (κ3) is 3.18. The predicted molar refractivity (Wildman–Crippen MR) is 41.9 cm³/mol. The molecule has 0 aliphatic rings. The highest BCUT2D eigenvalue weighted by Crippen LogP contribution is 2.14. The number of aliphatic hydroxyl groups excluding tert-OH is 1. The van der Waals surface area contributed by atoms with E-state index in [1.165, 1.54) is 0 Å². The average molecular weight is 146 g/mol. The number of rotatable bonds is 4. The fourth-order valence-electron chi connectivity index (χ4n) is 0.890. The molecule has 0 aromatic carbocycles. The first-order valence-corrected chi connectivity index (χ1v) is 3.76. The van der Waals surface area contributed by atoms with Crippen molar-refractivity contribution in [3.8, 4) is 0 Å². The Balaban J connectivity index is 3.58. The van der Waals surface area contributed by atoms with E-state index in [0.29, 0.717) is 11.8 Å². The summed E-state index contributed by atoms with van der Waals surface area (Å²) < 4.78 is 4.96. The lowest BCUT2D eigenvalue weighted by atomic mass is 9.92. The molecule has 10 heavy (non-hydrogen) atoms. The lowest BCUT2D eigenvalue weighted by Crippen LogP contribution is -2.23. The van der Waals surface area contributed by atoms with Crippen LogP contribution in [0.15, 0.2) is 0 Å². The molecule has 62 valence electrons. The van der Waals surface area contributed by atoms with Crippen molar-refractivity contribution >= 4 is 0 Å². The van der Waals surface area contributed by atoms with E-state index >= 15 is 0 Å². The molecule has 0 spiro atoms. The van der Waals surface area contributed by atoms with Crippen LogP contribution < -0.4 is 0 Å². The van der Waals surface area contributed by atoms with Gasteiger partial charge in [0.2, 0.25) is 0 Å². The van der Waals surface area contributed by atoms with Crippen LogP contribution in [-0.4, -0.2) is 24.9 Å². The standard InChI is InChI=1S/C8H18O2/c1-6(5-10-4)7(2)8(3)9/h6-9H,5H2,1-4H3. The zero-order chi connectivity index (χ0) is 8.15. The van der Waals surface area contributed by atoms with Gasteiger partial charge in [0.1, 0.15) is 0 Å². The Morgan fingerprint density at radius 3 is 2.10 bits per heavy atom. The molecular weight excluding hydrogens is 128 g/mol. The Hall–Kier alpha value is -0.0800. The molecule has 0 aliphatic carbocycles. The van der Waals surface area contributed by atoms with Gasteiger partial charge in [0.05, 0.1) is 6.10 Å². The minimum Gasteiger partial charge on any atom is -0.393 e. The van der Waals surface area contributed by atoms with Gasteiger partial charge in [-0.1, -0.05) is 13.8 Å². The third-order valence-corrected chi connectivity index (χ3v) is 2.09. The van der Waals surface area contributed by atoms with Crippen LogP contribution in [0.3, 0.4) is 0 Å². The molecule has 0 heterocycles. The molecule has 1 N–H and O–H groups in total. The van der Waals surface area contributed by atoms with Crippen LogP contribution in [0, 0.1) is 11.8 Å². The number of aliphatic hydroxyl groups is 1. The van der Waals surface area contributed by atoms with Gasteiger partial charge >= 0.3 is 0 Å². The maximum absolute atomic E-state index is 9.16. The Bertz CT molecular complexity index is 81.3. The first kappa shape index (κ1) is 9.92. The zero-order valence-corrected chi connectivity index (χ0v) is 7.29. The van der Waals surface area contributed by atoms with Gasteiger partial charge in [0.15, 0.2) is 0 Å². The van der Waals surface area contributed by atoms with Crippen molar-refractivity contribution in [3.05, 3.63) is 0 Å². The molecule has 2 heteroatoms. The smallest absolute Gasteiger partial charge is 0.0541 e. The molecule has 3 atom stereocenters. The summed E-state index contributed by atoms with van der Waals surface area (Å²) >= 11 is 0. The SMILES string of the molecule is COCC(C)C(C)C(C)O. The molecule has 0 bridgehead atoms. The second-order valence-electron chi connectivity index (χ2n) is 3.03. The molecule has 3 unspecified atom stereocenters. The van der Waals surface area contributed by atoms with Crippen LogP contribution in [0.5, 0.6) is 0 Å². The molecule has 0 aromatic heterocycles. The van der Waals surface area contributed by atoms with Gasteiger partial charge < -0.3 is 9.84 Å². The first-order chi connectivity index (χ1) is 4.59. The molecule has 0 aromatic rings. The summed E-state index contributed by atoms with van der Waals surface area (Å²) in [5.41, 5.74) is 0. The topological polar surface area (TPSA) is 29.5 Å². The third-order valence-electron chi connectivity index (χ3n) is 2.09. The molecule has 2 nitrogen and oxygen atoms in total. The van der Waals surface area contributed by atoms with Crippen molar-refractivity contribution in [2.45, 2.75) is 26.9 Å². The minimum atomic E-state index is -0.231. The normalized spacial score (nSPS) is 20.1. The Morgan fingerprint density at radius 1 is 1.30 bits per heavy atom. The number of ether oxygens (including phenoxy) is 1. The highest BCUT2D eigenvalue weighted by Gasteiger charge is 2.16. The van der Waals surface area contributed by atoms with Crippen LogP contribution in [0.1, 0.15) is 20.8 Å². The van der Waals surface area contributed by atoms with Gasteiger partial charge in [-0.2, -0.15) is 0 Å². The summed E-state index contributed by atoms with van der Waals surface area (Å²) in [7, 11) is 1.69. The van der Waals surface area contributed by atoms with Crippen molar-refractivity contribution < 1.29 is 9.84 Å². The minimum absolute atomic E-state index is 0.231. The van der Waals surface area contributed by atoms with E-state index in [-0.39, 0.29) is 6.10 Å². The van der Waals surface area contributed by atoms with E-state index in [0.717, 1.165) is 6.61 Å². The maximum atomic E-state index is 9.16. The molecular formula is C8H18O2. The monoisotopic (exact) mass is 146 g/mol. The molecule has 0 saturated carbocycles. The van der Waals surface area contributed by atoms with Crippen LogP contribution in [0.25, 0.3) is 0 Å². The summed E-state index contributed by atoms with van der Waals surface area (Å²) in [6.07, 6.45) is -0.231. The van der Waals surface area contributed by atoms with Crippen molar-refractivity contribution in [1.82, 2.24) is 0 Å². The van der Waals surface area contributed by atoms with Gasteiger partial charge in [0.25, 0.3) is 0 Å². The summed E-state index contributed by atoms with van der Waals surface area (Å²) in [4.78, 5) is 0. The van der Waals surface area contributed by atoms with Gasteiger partial charge in [0, 0.05) is 13.7 Å². The van der Waals surface area contributed by atoms with Crippen molar-refractivity contribution in [1.29, 1.82) is 0 Å². The maximum Gasteiger partial charge on any atom is 0.0541 e. The molecule has 0 amide bonds. The highest BCUT2D eigenvalue weighted by atomic mass is 16.5. The Labute approximate surface area is 63.2 Å². The average Bonchev–Trinajstić information content (AvgIpc) is 1.87. The Morgan fingerprint density at radius 2 is 1.80 bits per heavy atom. The van der Waals surface area contributed by atoms with E-state index < -0.39 is 0 Å². The molecule has 0 fully saturated rings. The molecule has 0 rings (SSSR count). The van der Waals surface area contributed by atoms with E-state index in [9.17, 15) is 0 Å². The quantitative estimate of drug-likeness (QED) is 0.647. The number of methoxy groups -OCH3 is 1. The summed E-state index contributed by atoms with van der Waals surface area (Å²) in [6, 6.07) is 0. The first-order valence-electron chi connectivity index (χ1n) is 3.76. The van der Waals surface area contributed by atoms with Crippen LogP contribution in [0.4, 0.5) is 0 Å². The highest BCUT2D eigenvalue weighted by molar-refractivity contribution is 4.65. The summed E-state index contributed by atoms with van der Waals surface area (Å²) in [6.45, 7) is 6.66. The van der Waals surface area contributed by atoms with E-state index in [1.807, 2.05) is 13.8 Å². The van der Waals surface area contributed by atoms with Gasteiger partial charge in [-0.15, -0.1) is 0 Å². The van der Waals surface area contributed by atoms with Crippen molar-refractivity contribution in [2.75, 3.05) is 13.7 Å². The van der Waals surface area contributed by atoms with Gasteiger partial charge in [-0.3, -0.25) is 0 Å². The lowest BCUT2D eigenvalue weighted by molar-refractivity contribution is 0.0619. The van der Waals surface area contributed by atoms with Crippen molar-refractivity contribution in [2.24, 2.45) is 11.8 Å². The van der Waals surface area contributed by atoms with E-state index in [2.05, 4.69) is 6.92 Å². The molecule has 0 radical (unpaired) electrons. The van der Waals surface area contributed by atoms with E-state index in [1.54, 1.807) is 7.11 Å². The van der Waals surface area contributed by atoms with Crippen LogP contribution >= 0.6 is 0 Å². The largest absolute Gasteiger partial charge is 0.393 e. The van der Waals surface area contributed by atoms with E-state index in [4.69, 9.17) is 9.84 Å². The number of hydrogen-bond acceptors (Lipinski definition) is 2. The zero-order valence-electron chi connectivity index (χ0n) is 7.29. The summed E-state index contributed by atoms with van der Waals surface area (Å²) in [5, 5.41) is 9.16. The fourth-order valence-corrected chi connectivity index (χ4v) is 0.890. The second kappa shape index (κ2) is 4.69. The second-order valence-corrected chi connectivity index (χ2v) is 3.03. The van der Waals surface area contributed by atoms with Gasteiger partial charge in [-0.05, 0) is 18.8 Å². The number of hydrogen-bond donors (Lipinski definition) is 1. The molecule has 0 aliphatic heterocycles. The van der Waals surface area contributed by atoms with Crippen molar-refractivity contribution in [3.63, 3.8) is 0 Å². The van der Waals surface area contributed by atoms with Crippen LogP contribution in [0.2, 0.25) is 0 Å². The molecule has 0 saturated heterocycles.